The number of benzene rings is 1. The monoisotopic (exact) mass is 356 g/mol. The van der Waals surface area contributed by atoms with Crippen LogP contribution in [0.25, 0.3) is 11.0 Å². The highest BCUT2D eigenvalue weighted by atomic mass is 79.9. The summed E-state index contributed by atoms with van der Waals surface area (Å²) in [6.45, 7) is 6.37. The van der Waals surface area contributed by atoms with Gasteiger partial charge in [-0.2, -0.15) is 0 Å². The lowest BCUT2D eigenvalue weighted by Gasteiger charge is -2.17. The molecule has 0 aliphatic carbocycles. The number of fused-ring (bicyclic) bond motifs is 1. The van der Waals surface area contributed by atoms with Crippen molar-refractivity contribution in [2.75, 3.05) is 12.3 Å². The van der Waals surface area contributed by atoms with Gasteiger partial charge in [0, 0.05) is 12.6 Å². The summed E-state index contributed by atoms with van der Waals surface area (Å²) in [5.74, 6) is -0.00447. The molecule has 0 saturated heterocycles. The summed E-state index contributed by atoms with van der Waals surface area (Å²) < 4.78 is 15.5. The van der Waals surface area contributed by atoms with Crippen molar-refractivity contribution in [3.05, 3.63) is 22.4 Å². The fourth-order valence-electron chi connectivity index (χ4n) is 2.09. The Morgan fingerprint density at radius 1 is 1.48 bits per heavy atom. The van der Waals surface area contributed by atoms with Crippen molar-refractivity contribution in [1.82, 2.24) is 14.9 Å². The zero-order valence-corrected chi connectivity index (χ0v) is 13.7. The summed E-state index contributed by atoms with van der Waals surface area (Å²) in [6, 6.07) is 2.36. The van der Waals surface area contributed by atoms with Gasteiger partial charge in [-0.25, -0.2) is 9.37 Å². The molecule has 1 atom stereocenters. The third-order valence-corrected chi connectivity index (χ3v) is 3.82. The van der Waals surface area contributed by atoms with E-state index in [0.29, 0.717) is 28.0 Å². The largest absolute Gasteiger partial charge is 0.369 e. The van der Waals surface area contributed by atoms with E-state index in [2.05, 4.69) is 26.2 Å². The molecule has 1 unspecified atom stereocenters. The second-order valence-corrected chi connectivity index (χ2v) is 6.26. The molecule has 0 radical (unpaired) electrons. The minimum atomic E-state index is -0.522. The average Bonchev–Trinajstić information content (AvgIpc) is 2.71. The Labute approximate surface area is 130 Å². The number of carbonyl (C=O) groups is 1. The number of imidazole rings is 1. The molecule has 1 heterocycles. The molecule has 1 amide bonds. The Morgan fingerprint density at radius 3 is 2.76 bits per heavy atom. The van der Waals surface area contributed by atoms with Crippen LogP contribution in [-0.4, -0.2) is 22.0 Å². The summed E-state index contributed by atoms with van der Waals surface area (Å²) >= 11 is 3.14. The van der Waals surface area contributed by atoms with Gasteiger partial charge in [-0.15, -0.1) is 0 Å². The Hall–Kier alpha value is -1.63. The molecule has 0 fully saturated rings. The van der Waals surface area contributed by atoms with E-state index in [9.17, 15) is 9.18 Å². The van der Waals surface area contributed by atoms with Gasteiger partial charge in [0.05, 0.1) is 15.5 Å². The van der Waals surface area contributed by atoms with Gasteiger partial charge in [0.2, 0.25) is 11.9 Å². The second kappa shape index (κ2) is 6.01. The Bertz CT molecular complexity index is 683. The van der Waals surface area contributed by atoms with Crippen molar-refractivity contribution >= 4 is 38.8 Å². The van der Waals surface area contributed by atoms with E-state index in [-0.39, 0.29) is 11.9 Å². The molecule has 0 bridgehead atoms. The summed E-state index contributed by atoms with van der Waals surface area (Å²) in [5.41, 5.74) is 6.93. The lowest BCUT2D eigenvalue weighted by molar-refractivity contribution is -0.123. The molecule has 1 aromatic carbocycles. The Balaban J connectivity index is 2.39. The molecule has 0 saturated carbocycles. The first kappa shape index (κ1) is 15.8. The van der Waals surface area contributed by atoms with Crippen LogP contribution in [0.2, 0.25) is 0 Å². The van der Waals surface area contributed by atoms with E-state index in [4.69, 9.17) is 5.73 Å². The lowest BCUT2D eigenvalue weighted by atomic mass is 10.2. The predicted molar refractivity (Wildman–Crippen MR) is 84.4 cm³/mol. The highest BCUT2D eigenvalue weighted by molar-refractivity contribution is 9.10. The van der Waals surface area contributed by atoms with E-state index < -0.39 is 11.9 Å². The van der Waals surface area contributed by atoms with Crippen LogP contribution < -0.4 is 11.1 Å². The zero-order valence-electron chi connectivity index (χ0n) is 12.2. The number of rotatable bonds is 4. The quantitative estimate of drug-likeness (QED) is 0.884. The summed E-state index contributed by atoms with van der Waals surface area (Å²) in [6.07, 6.45) is 0. The number of hydrogen-bond acceptors (Lipinski definition) is 3. The Kier molecular flexibility index (Phi) is 4.51. The second-order valence-electron chi connectivity index (χ2n) is 5.41. The topological polar surface area (TPSA) is 72.9 Å². The van der Waals surface area contributed by atoms with E-state index in [1.807, 2.05) is 13.8 Å². The predicted octanol–water partition coefficient (Wildman–Crippen LogP) is 2.85. The van der Waals surface area contributed by atoms with Crippen LogP contribution in [-0.2, 0) is 4.79 Å². The number of nitrogens with one attached hydrogen (secondary N) is 1. The first-order valence-corrected chi connectivity index (χ1v) is 7.50. The maximum atomic E-state index is 13.5. The maximum Gasteiger partial charge on any atom is 0.242 e. The number of amides is 1. The minimum Gasteiger partial charge on any atom is -0.369 e. The van der Waals surface area contributed by atoms with Crippen LogP contribution in [0, 0.1) is 11.7 Å². The summed E-state index contributed by atoms with van der Waals surface area (Å²) in [4.78, 5) is 16.3. The van der Waals surface area contributed by atoms with Gasteiger partial charge in [0.25, 0.3) is 0 Å². The highest BCUT2D eigenvalue weighted by Gasteiger charge is 2.21. The third-order valence-electron chi connectivity index (χ3n) is 3.21. The van der Waals surface area contributed by atoms with Crippen molar-refractivity contribution in [1.29, 1.82) is 0 Å². The summed E-state index contributed by atoms with van der Waals surface area (Å²) in [7, 11) is 0. The van der Waals surface area contributed by atoms with Gasteiger partial charge in [0.15, 0.2) is 0 Å². The highest BCUT2D eigenvalue weighted by Crippen LogP contribution is 2.27. The molecule has 1 aromatic heterocycles. The van der Waals surface area contributed by atoms with Crippen molar-refractivity contribution in [3.8, 4) is 0 Å². The van der Waals surface area contributed by atoms with Gasteiger partial charge >= 0.3 is 0 Å². The lowest BCUT2D eigenvalue weighted by Crippen LogP contribution is -2.33. The number of anilines is 1. The number of nitrogens with two attached hydrogens (primary N) is 1. The van der Waals surface area contributed by atoms with Gasteiger partial charge < -0.3 is 11.1 Å². The molecule has 7 heteroatoms. The number of hydrogen-bond donors (Lipinski definition) is 2. The van der Waals surface area contributed by atoms with Gasteiger partial charge in [-0.1, -0.05) is 13.8 Å². The van der Waals surface area contributed by atoms with E-state index >= 15 is 0 Å². The van der Waals surface area contributed by atoms with Gasteiger partial charge in [-0.3, -0.25) is 9.36 Å². The fraction of sp³-hybridized carbons (Fsp3) is 0.429. The molecular weight excluding hydrogens is 339 g/mol. The fourth-order valence-corrected chi connectivity index (χ4v) is 2.42. The van der Waals surface area contributed by atoms with E-state index in [1.165, 1.54) is 6.07 Å². The minimum absolute atomic E-state index is 0.143. The number of aromatic nitrogens is 2. The third kappa shape index (κ3) is 3.18. The number of nitrogens with zero attached hydrogens (tertiary/aromatic N) is 2. The van der Waals surface area contributed by atoms with Crippen molar-refractivity contribution in [2.24, 2.45) is 5.92 Å². The molecule has 3 N–H and O–H groups in total. The Morgan fingerprint density at radius 2 is 2.14 bits per heavy atom. The maximum absolute atomic E-state index is 13.5. The van der Waals surface area contributed by atoms with Gasteiger partial charge in [-0.05, 0) is 34.8 Å². The molecule has 5 nitrogen and oxygen atoms in total. The van der Waals surface area contributed by atoms with Crippen molar-refractivity contribution in [2.45, 2.75) is 26.8 Å². The molecule has 2 aromatic rings. The normalized spacial score (nSPS) is 12.9. The SMILES string of the molecule is CC(C)CNC(=O)C(C)n1c(N)nc2cc(F)c(Br)cc21. The first-order valence-electron chi connectivity index (χ1n) is 6.71. The molecule has 0 spiro atoms. The molecular formula is C14H18BrFN4O. The summed E-state index contributed by atoms with van der Waals surface area (Å²) in [5, 5.41) is 2.86. The zero-order chi connectivity index (χ0) is 15.7. The standard InChI is InChI=1S/C14H18BrFN4O/c1-7(2)6-18-13(21)8(3)20-12-4-9(15)10(16)5-11(12)19-14(20)17/h4-5,7-8H,6H2,1-3H3,(H2,17,19)(H,18,21). The van der Waals surface area contributed by atoms with Crippen LogP contribution in [0.5, 0.6) is 0 Å². The molecule has 21 heavy (non-hydrogen) atoms. The smallest absolute Gasteiger partial charge is 0.242 e. The average molecular weight is 357 g/mol. The van der Waals surface area contributed by atoms with Crippen LogP contribution >= 0.6 is 15.9 Å². The molecule has 0 aliphatic heterocycles. The molecule has 0 aliphatic rings. The molecule has 2 rings (SSSR count). The van der Waals surface area contributed by atoms with Crippen molar-refractivity contribution in [3.63, 3.8) is 0 Å². The first-order chi connectivity index (χ1) is 9.81. The molecule has 114 valence electrons. The van der Waals surface area contributed by atoms with Gasteiger partial charge in [0.1, 0.15) is 11.9 Å². The van der Waals surface area contributed by atoms with Crippen molar-refractivity contribution < 1.29 is 9.18 Å². The van der Waals surface area contributed by atoms with Crippen LogP contribution in [0.3, 0.4) is 0 Å². The van der Waals surface area contributed by atoms with E-state index in [0.717, 1.165) is 0 Å². The van der Waals surface area contributed by atoms with E-state index in [1.54, 1.807) is 17.6 Å². The number of nitrogen functional groups attached to an aromatic ring is 1. The van der Waals surface area contributed by atoms with Crippen LogP contribution in [0.4, 0.5) is 10.3 Å². The van der Waals surface area contributed by atoms with Crippen LogP contribution in [0.1, 0.15) is 26.8 Å². The van der Waals surface area contributed by atoms with Crippen LogP contribution in [0.15, 0.2) is 16.6 Å². The number of halogens is 2. The number of carbonyl (C=O) groups excluding carboxylic acids is 1.